The van der Waals surface area contributed by atoms with Gasteiger partial charge in [-0.2, -0.15) is 0 Å². The Morgan fingerprint density at radius 3 is 2.03 bits per heavy atom. The fourth-order valence-corrected chi connectivity index (χ4v) is 5.04. The molecule has 190 valence electrons. The SMILES string of the molecule is Cc1ccccc1CSCC(=O)N(Cc1ccccc1C)[C@H](Cc1ccccc1)C(=O)NCC(C)C. The van der Waals surface area contributed by atoms with Crippen LogP contribution in [0.5, 0.6) is 0 Å². The van der Waals surface area contributed by atoms with E-state index < -0.39 is 6.04 Å². The lowest BCUT2D eigenvalue weighted by Gasteiger charge is -2.32. The van der Waals surface area contributed by atoms with Gasteiger partial charge in [0.05, 0.1) is 5.75 Å². The van der Waals surface area contributed by atoms with Crippen LogP contribution in [0.1, 0.15) is 41.7 Å². The van der Waals surface area contributed by atoms with Crippen molar-refractivity contribution in [2.45, 2.75) is 52.5 Å². The Morgan fingerprint density at radius 1 is 0.833 bits per heavy atom. The largest absolute Gasteiger partial charge is 0.354 e. The molecule has 0 aliphatic rings. The van der Waals surface area contributed by atoms with Gasteiger partial charge in [-0.05, 0) is 47.6 Å². The second-order valence-electron chi connectivity index (χ2n) is 9.71. The van der Waals surface area contributed by atoms with Crippen molar-refractivity contribution in [1.82, 2.24) is 10.2 Å². The molecule has 0 bridgehead atoms. The Morgan fingerprint density at radius 2 is 1.42 bits per heavy atom. The third-order valence-electron chi connectivity index (χ3n) is 6.30. The number of carbonyl (C=O) groups excluding carboxylic acids is 2. The highest BCUT2D eigenvalue weighted by Gasteiger charge is 2.30. The summed E-state index contributed by atoms with van der Waals surface area (Å²) in [7, 11) is 0. The van der Waals surface area contributed by atoms with Crippen LogP contribution in [0.25, 0.3) is 0 Å². The van der Waals surface area contributed by atoms with Crippen LogP contribution >= 0.6 is 11.8 Å². The van der Waals surface area contributed by atoms with E-state index in [1.54, 1.807) is 16.7 Å². The number of hydrogen-bond donors (Lipinski definition) is 1. The number of aryl methyl sites for hydroxylation is 2. The quantitative estimate of drug-likeness (QED) is 0.333. The molecule has 3 aromatic carbocycles. The van der Waals surface area contributed by atoms with E-state index >= 15 is 0 Å². The zero-order valence-corrected chi connectivity index (χ0v) is 22.7. The lowest BCUT2D eigenvalue weighted by molar-refractivity contribution is -0.139. The van der Waals surface area contributed by atoms with E-state index in [9.17, 15) is 9.59 Å². The first-order valence-corrected chi connectivity index (χ1v) is 13.8. The summed E-state index contributed by atoms with van der Waals surface area (Å²) in [6.07, 6.45) is 0.477. The number of amides is 2. The molecule has 0 aromatic heterocycles. The van der Waals surface area contributed by atoms with Gasteiger partial charge in [0.1, 0.15) is 6.04 Å². The average Bonchev–Trinajstić information content (AvgIpc) is 2.87. The first-order chi connectivity index (χ1) is 17.3. The van der Waals surface area contributed by atoms with Crippen molar-refractivity contribution < 1.29 is 9.59 Å². The van der Waals surface area contributed by atoms with Crippen molar-refractivity contribution >= 4 is 23.6 Å². The van der Waals surface area contributed by atoms with Gasteiger partial charge in [-0.15, -0.1) is 11.8 Å². The molecule has 4 nitrogen and oxygen atoms in total. The van der Waals surface area contributed by atoms with Gasteiger partial charge in [0.15, 0.2) is 0 Å². The minimum Gasteiger partial charge on any atom is -0.354 e. The van der Waals surface area contributed by atoms with Crippen molar-refractivity contribution in [3.63, 3.8) is 0 Å². The molecule has 0 radical (unpaired) electrons. The summed E-state index contributed by atoms with van der Waals surface area (Å²) in [5, 5.41) is 3.09. The third-order valence-corrected chi connectivity index (χ3v) is 7.27. The Bertz CT molecular complexity index is 1130. The molecule has 0 heterocycles. The molecule has 0 aliphatic carbocycles. The van der Waals surface area contributed by atoms with E-state index in [0.29, 0.717) is 31.2 Å². The van der Waals surface area contributed by atoms with Crippen molar-refractivity contribution in [2.24, 2.45) is 5.92 Å². The molecule has 0 unspecified atom stereocenters. The summed E-state index contributed by atoms with van der Waals surface area (Å²) in [4.78, 5) is 29.0. The number of thioether (sulfide) groups is 1. The fraction of sp³-hybridized carbons (Fsp3) is 0.355. The smallest absolute Gasteiger partial charge is 0.243 e. The number of carbonyl (C=O) groups is 2. The molecular weight excluding hydrogens is 464 g/mol. The van der Waals surface area contributed by atoms with Crippen LogP contribution < -0.4 is 5.32 Å². The molecule has 3 aromatic rings. The van der Waals surface area contributed by atoms with Crippen LogP contribution in [0.2, 0.25) is 0 Å². The third kappa shape index (κ3) is 8.27. The van der Waals surface area contributed by atoms with Gasteiger partial charge in [-0.1, -0.05) is 92.7 Å². The summed E-state index contributed by atoms with van der Waals surface area (Å²) in [5.74, 6) is 1.30. The highest BCUT2D eigenvalue weighted by molar-refractivity contribution is 7.99. The summed E-state index contributed by atoms with van der Waals surface area (Å²) in [6.45, 7) is 9.28. The van der Waals surface area contributed by atoms with Crippen molar-refractivity contribution in [3.05, 3.63) is 107 Å². The second-order valence-corrected chi connectivity index (χ2v) is 10.7. The maximum atomic E-state index is 13.7. The number of benzene rings is 3. The molecular formula is C31H38N2O2S. The first-order valence-electron chi connectivity index (χ1n) is 12.6. The van der Waals surface area contributed by atoms with Crippen molar-refractivity contribution in [2.75, 3.05) is 12.3 Å². The molecule has 1 atom stereocenters. The summed E-state index contributed by atoms with van der Waals surface area (Å²) >= 11 is 1.60. The van der Waals surface area contributed by atoms with Gasteiger partial charge in [0.2, 0.25) is 11.8 Å². The molecule has 0 saturated carbocycles. The fourth-order valence-electron chi connectivity index (χ4n) is 4.05. The Balaban J connectivity index is 1.86. The Labute approximate surface area is 220 Å². The van der Waals surface area contributed by atoms with E-state index in [1.807, 2.05) is 60.7 Å². The van der Waals surface area contributed by atoms with E-state index in [4.69, 9.17) is 0 Å². The molecule has 0 aliphatic heterocycles. The summed E-state index contributed by atoms with van der Waals surface area (Å²) < 4.78 is 0. The molecule has 36 heavy (non-hydrogen) atoms. The van der Waals surface area contributed by atoms with E-state index in [0.717, 1.165) is 22.4 Å². The van der Waals surface area contributed by atoms with Crippen molar-refractivity contribution in [3.8, 4) is 0 Å². The zero-order chi connectivity index (χ0) is 25.9. The molecule has 0 spiro atoms. The van der Waals surface area contributed by atoms with E-state index in [1.165, 1.54) is 11.1 Å². The Kier molecular flexibility index (Phi) is 10.6. The van der Waals surface area contributed by atoms with Gasteiger partial charge in [0.25, 0.3) is 0 Å². The van der Waals surface area contributed by atoms with Gasteiger partial charge in [0, 0.05) is 25.3 Å². The predicted molar refractivity (Wildman–Crippen MR) is 151 cm³/mol. The zero-order valence-electron chi connectivity index (χ0n) is 21.9. The minimum atomic E-state index is -0.586. The molecule has 2 amide bonds. The summed E-state index contributed by atoms with van der Waals surface area (Å²) in [6, 6.07) is 25.7. The van der Waals surface area contributed by atoms with Crippen LogP contribution in [0.3, 0.4) is 0 Å². The van der Waals surface area contributed by atoms with Crippen LogP contribution in [-0.4, -0.2) is 35.1 Å². The van der Waals surface area contributed by atoms with Crippen LogP contribution in [-0.2, 0) is 28.3 Å². The monoisotopic (exact) mass is 502 g/mol. The van der Waals surface area contributed by atoms with Gasteiger partial charge in [-0.3, -0.25) is 9.59 Å². The predicted octanol–water partition coefficient (Wildman–Crippen LogP) is 5.95. The number of nitrogens with one attached hydrogen (secondary N) is 1. The standard InChI is InChI=1S/C31H38N2O2S/c1-23(2)19-32-31(35)29(18-26-14-6-5-7-15-26)33(20-27-16-10-8-12-24(27)3)30(34)22-36-21-28-17-11-9-13-25(28)4/h5-17,23,29H,18-22H2,1-4H3,(H,32,35)/t29-/m1/s1. The van der Waals surface area contributed by atoms with Gasteiger partial charge < -0.3 is 10.2 Å². The van der Waals surface area contributed by atoms with E-state index in [2.05, 4.69) is 51.2 Å². The maximum absolute atomic E-state index is 13.7. The van der Waals surface area contributed by atoms with Gasteiger partial charge in [-0.25, -0.2) is 0 Å². The number of nitrogens with zero attached hydrogens (tertiary/aromatic N) is 1. The lowest BCUT2D eigenvalue weighted by Crippen LogP contribution is -2.51. The minimum absolute atomic E-state index is 0.0162. The molecule has 5 heteroatoms. The first kappa shape index (κ1) is 27.5. The highest BCUT2D eigenvalue weighted by atomic mass is 32.2. The van der Waals surface area contributed by atoms with E-state index in [-0.39, 0.29) is 11.8 Å². The Hall–Kier alpha value is -3.05. The highest BCUT2D eigenvalue weighted by Crippen LogP contribution is 2.21. The molecule has 3 rings (SSSR count). The van der Waals surface area contributed by atoms with Gasteiger partial charge >= 0.3 is 0 Å². The average molecular weight is 503 g/mol. The van der Waals surface area contributed by atoms with Crippen molar-refractivity contribution in [1.29, 1.82) is 0 Å². The number of rotatable bonds is 12. The van der Waals surface area contributed by atoms with Crippen LogP contribution in [0.4, 0.5) is 0 Å². The second kappa shape index (κ2) is 13.9. The van der Waals surface area contributed by atoms with Crippen LogP contribution in [0, 0.1) is 19.8 Å². The lowest BCUT2D eigenvalue weighted by atomic mass is 10.0. The molecule has 0 saturated heterocycles. The number of hydrogen-bond acceptors (Lipinski definition) is 3. The molecule has 1 N–H and O–H groups in total. The molecule has 0 fully saturated rings. The summed E-state index contributed by atoms with van der Waals surface area (Å²) in [5.41, 5.74) is 5.67. The topological polar surface area (TPSA) is 49.4 Å². The maximum Gasteiger partial charge on any atom is 0.243 e. The van der Waals surface area contributed by atoms with Crippen LogP contribution in [0.15, 0.2) is 78.9 Å². The normalized spacial score (nSPS) is 11.8.